The number of benzene rings is 1. The molecule has 0 bridgehead atoms. The Kier molecular flexibility index (Phi) is 4.83. The van der Waals surface area contributed by atoms with Gasteiger partial charge in [0.25, 0.3) is 0 Å². The third-order valence-corrected chi connectivity index (χ3v) is 6.19. The second-order valence-electron chi connectivity index (χ2n) is 5.59. The highest BCUT2D eigenvalue weighted by atomic mass is 32.2. The lowest BCUT2D eigenvalue weighted by Crippen LogP contribution is -2.41. The van der Waals surface area contributed by atoms with Crippen LogP contribution in [0.5, 0.6) is 0 Å². The molecule has 2 N–H and O–H groups in total. The summed E-state index contributed by atoms with van der Waals surface area (Å²) in [5.41, 5.74) is 7.03. The molecule has 1 saturated carbocycles. The number of nitrogens with two attached hydrogens (primary N) is 1. The highest BCUT2D eigenvalue weighted by Crippen LogP contribution is 2.26. The highest BCUT2D eigenvalue weighted by molar-refractivity contribution is 7.89. The van der Waals surface area contributed by atoms with Crippen molar-refractivity contribution in [3.8, 4) is 0 Å². The van der Waals surface area contributed by atoms with E-state index in [4.69, 9.17) is 5.73 Å². The molecule has 1 fully saturated rings. The molecule has 0 aliphatic heterocycles. The van der Waals surface area contributed by atoms with Gasteiger partial charge < -0.3 is 5.73 Å². The first-order valence-electron chi connectivity index (χ1n) is 7.27. The molecule has 0 unspecified atom stereocenters. The van der Waals surface area contributed by atoms with Crippen LogP contribution in [-0.2, 0) is 16.4 Å². The lowest BCUT2D eigenvalue weighted by Gasteiger charge is -2.32. The molecule has 2 rings (SSSR count). The molecular weight excluding hydrogens is 272 g/mol. The fourth-order valence-corrected chi connectivity index (χ4v) is 4.14. The largest absolute Gasteiger partial charge is 0.328 e. The van der Waals surface area contributed by atoms with Gasteiger partial charge in [-0.25, -0.2) is 8.42 Å². The first-order chi connectivity index (χ1) is 9.45. The Labute approximate surface area is 122 Å². The molecule has 0 aromatic heterocycles. The maximum Gasteiger partial charge on any atom is 0.243 e. The number of rotatable bonds is 4. The van der Waals surface area contributed by atoms with Crippen LogP contribution in [0.15, 0.2) is 29.2 Å². The van der Waals surface area contributed by atoms with Gasteiger partial charge in [-0.3, -0.25) is 0 Å². The van der Waals surface area contributed by atoms with Crippen LogP contribution >= 0.6 is 0 Å². The summed E-state index contributed by atoms with van der Waals surface area (Å²) in [5, 5.41) is 0. The van der Waals surface area contributed by atoms with Crippen molar-refractivity contribution in [2.75, 3.05) is 7.05 Å². The molecule has 0 spiro atoms. The smallest absolute Gasteiger partial charge is 0.243 e. The molecular formula is C15H24N2O2S. The SMILES string of the molecule is CCc1ccc(S(=O)(=O)N(C)C2CCC(N)CC2)cc1. The molecule has 0 heterocycles. The number of nitrogens with zero attached hydrogens (tertiary/aromatic N) is 1. The fourth-order valence-electron chi connectivity index (χ4n) is 2.72. The minimum atomic E-state index is -3.39. The maximum atomic E-state index is 12.6. The minimum absolute atomic E-state index is 0.0747. The Balaban J connectivity index is 2.16. The van der Waals surface area contributed by atoms with E-state index >= 15 is 0 Å². The van der Waals surface area contributed by atoms with Crippen molar-refractivity contribution < 1.29 is 8.42 Å². The monoisotopic (exact) mass is 296 g/mol. The first-order valence-corrected chi connectivity index (χ1v) is 8.71. The first kappa shape index (κ1) is 15.5. The molecule has 20 heavy (non-hydrogen) atoms. The zero-order valence-corrected chi connectivity index (χ0v) is 13.1. The summed E-state index contributed by atoms with van der Waals surface area (Å²) in [6, 6.07) is 7.49. The Morgan fingerprint density at radius 3 is 2.20 bits per heavy atom. The third kappa shape index (κ3) is 3.22. The maximum absolute atomic E-state index is 12.6. The van der Waals surface area contributed by atoms with Crippen LogP contribution in [0.1, 0.15) is 38.2 Å². The van der Waals surface area contributed by atoms with E-state index in [0.717, 1.165) is 37.7 Å². The molecule has 0 atom stereocenters. The van der Waals surface area contributed by atoms with Crippen molar-refractivity contribution in [1.29, 1.82) is 0 Å². The molecule has 1 aliphatic rings. The molecule has 0 saturated heterocycles. The normalized spacial score (nSPS) is 24.0. The highest BCUT2D eigenvalue weighted by Gasteiger charge is 2.30. The van der Waals surface area contributed by atoms with Gasteiger partial charge in [-0.15, -0.1) is 0 Å². The van der Waals surface area contributed by atoms with Gasteiger partial charge in [0, 0.05) is 19.1 Å². The molecule has 112 valence electrons. The lowest BCUT2D eigenvalue weighted by atomic mass is 9.92. The summed E-state index contributed by atoms with van der Waals surface area (Å²) in [7, 11) is -1.70. The van der Waals surface area contributed by atoms with Crippen LogP contribution in [0.4, 0.5) is 0 Å². The van der Waals surface area contributed by atoms with Crippen molar-refractivity contribution in [2.24, 2.45) is 5.73 Å². The molecule has 5 heteroatoms. The summed E-state index contributed by atoms with van der Waals surface area (Å²) in [6.07, 6.45) is 4.42. The van der Waals surface area contributed by atoms with E-state index in [0.29, 0.717) is 4.90 Å². The molecule has 1 aromatic carbocycles. The zero-order chi connectivity index (χ0) is 14.8. The van der Waals surface area contributed by atoms with E-state index in [-0.39, 0.29) is 12.1 Å². The van der Waals surface area contributed by atoms with Crippen LogP contribution in [0.25, 0.3) is 0 Å². The predicted molar refractivity (Wildman–Crippen MR) is 81.0 cm³/mol. The Morgan fingerprint density at radius 2 is 1.70 bits per heavy atom. The Hall–Kier alpha value is -0.910. The van der Waals surface area contributed by atoms with E-state index in [1.807, 2.05) is 12.1 Å². The summed E-state index contributed by atoms with van der Waals surface area (Å²) in [6.45, 7) is 2.06. The van der Waals surface area contributed by atoms with Gasteiger partial charge in [0.15, 0.2) is 0 Å². The van der Waals surface area contributed by atoms with E-state index < -0.39 is 10.0 Å². The van der Waals surface area contributed by atoms with Crippen molar-refractivity contribution in [1.82, 2.24) is 4.31 Å². The van der Waals surface area contributed by atoms with Gasteiger partial charge in [-0.05, 0) is 49.8 Å². The minimum Gasteiger partial charge on any atom is -0.328 e. The van der Waals surface area contributed by atoms with E-state index in [9.17, 15) is 8.42 Å². The topological polar surface area (TPSA) is 63.4 Å². The Bertz CT molecular complexity index is 531. The average Bonchev–Trinajstić information content (AvgIpc) is 2.47. The third-order valence-electron chi connectivity index (χ3n) is 4.26. The number of aryl methyl sites for hydroxylation is 1. The van der Waals surface area contributed by atoms with Gasteiger partial charge in [0.2, 0.25) is 10.0 Å². The van der Waals surface area contributed by atoms with Crippen molar-refractivity contribution in [2.45, 2.75) is 56.0 Å². The standard InChI is InChI=1S/C15H24N2O2S/c1-3-12-4-10-15(11-5-12)20(18,19)17(2)14-8-6-13(16)7-9-14/h4-5,10-11,13-14H,3,6-9,16H2,1-2H3. The average molecular weight is 296 g/mol. The number of hydrogen-bond acceptors (Lipinski definition) is 3. The van der Waals surface area contributed by atoms with Crippen LogP contribution in [0.2, 0.25) is 0 Å². The number of hydrogen-bond donors (Lipinski definition) is 1. The Morgan fingerprint density at radius 1 is 1.15 bits per heavy atom. The fraction of sp³-hybridized carbons (Fsp3) is 0.600. The molecule has 0 radical (unpaired) electrons. The lowest BCUT2D eigenvalue weighted by molar-refractivity contribution is 0.268. The quantitative estimate of drug-likeness (QED) is 0.926. The van der Waals surface area contributed by atoms with Gasteiger partial charge >= 0.3 is 0 Å². The van der Waals surface area contributed by atoms with Gasteiger partial charge in [-0.2, -0.15) is 4.31 Å². The summed E-state index contributed by atoms with van der Waals surface area (Å²) in [4.78, 5) is 0.382. The van der Waals surface area contributed by atoms with Gasteiger partial charge in [-0.1, -0.05) is 19.1 Å². The van der Waals surface area contributed by atoms with Crippen molar-refractivity contribution >= 4 is 10.0 Å². The second-order valence-corrected chi connectivity index (χ2v) is 7.58. The van der Waals surface area contributed by atoms with E-state index in [1.54, 1.807) is 19.2 Å². The summed E-state index contributed by atoms with van der Waals surface area (Å²) in [5.74, 6) is 0. The van der Waals surface area contributed by atoms with Crippen molar-refractivity contribution in [3.05, 3.63) is 29.8 Å². The second kappa shape index (κ2) is 6.24. The predicted octanol–water partition coefficient (Wildman–Crippen LogP) is 2.14. The van der Waals surface area contributed by atoms with E-state index in [1.165, 1.54) is 4.31 Å². The van der Waals surface area contributed by atoms with Crippen LogP contribution < -0.4 is 5.73 Å². The molecule has 1 aromatic rings. The van der Waals surface area contributed by atoms with Crippen molar-refractivity contribution in [3.63, 3.8) is 0 Å². The summed E-state index contributed by atoms with van der Waals surface area (Å²) < 4.78 is 26.7. The molecule has 4 nitrogen and oxygen atoms in total. The zero-order valence-electron chi connectivity index (χ0n) is 12.2. The van der Waals surface area contributed by atoms with Crippen LogP contribution in [-0.4, -0.2) is 31.9 Å². The molecule has 0 amide bonds. The number of sulfonamides is 1. The molecule has 1 aliphatic carbocycles. The van der Waals surface area contributed by atoms with Crippen LogP contribution in [0.3, 0.4) is 0 Å². The van der Waals surface area contributed by atoms with E-state index in [2.05, 4.69) is 6.92 Å². The van der Waals surface area contributed by atoms with Crippen LogP contribution in [0, 0.1) is 0 Å². The van der Waals surface area contributed by atoms with Gasteiger partial charge in [0.05, 0.1) is 4.90 Å². The van der Waals surface area contributed by atoms with Gasteiger partial charge in [0.1, 0.15) is 0 Å². The summed E-state index contributed by atoms with van der Waals surface area (Å²) >= 11 is 0.